The van der Waals surface area contributed by atoms with E-state index in [1.807, 2.05) is 31.2 Å². The summed E-state index contributed by atoms with van der Waals surface area (Å²) in [4.78, 5) is 24.5. The number of rotatable bonds is 8. The zero-order chi connectivity index (χ0) is 22.4. The Kier molecular flexibility index (Phi) is 7.19. The Labute approximate surface area is 184 Å². The molecule has 0 aliphatic carbocycles. The van der Waals surface area contributed by atoms with Crippen LogP contribution in [0.4, 0.5) is 5.69 Å². The van der Waals surface area contributed by atoms with Gasteiger partial charge in [0.05, 0.1) is 11.7 Å². The van der Waals surface area contributed by atoms with Crippen molar-refractivity contribution in [2.75, 3.05) is 5.32 Å². The van der Waals surface area contributed by atoms with E-state index in [2.05, 4.69) is 10.4 Å². The summed E-state index contributed by atoms with van der Waals surface area (Å²) in [5, 5.41) is 6.90. The average Bonchev–Trinajstić information content (AvgIpc) is 3.06. The predicted molar refractivity (Wildman–Crippen MR) is 116 cm³/mol. The number of aryl methyl sites for hydroxylation is 1. The number of nitrogens with zero attached hydrogens (tertiary/aromatic N) is 2. The van der Waals surface area contributed by atoms with E-state index < -0.39 is 5.97 Å². The van der Waals surface area contributed by atoms with Crippen molar-refractivity contribution in [1.29, 1.82) is 0 Å². The monoisotopic (exact) mass is 441 g/mol. The molecular weight excluding hydrogens is 418 g/mol. The third-order valence-corrected chi connectivity index (χ3v) is 4.34. The van der Waals surface area contributed by atoms with Crippen molar-refractivity contribution in [3.05, 3.63) is 70.4 Å². The van der Waals surface area contributed by atoms with Crippen LogP contribution >= 0.6 is 12.2 Å². The molecule has 0 unspecified atom stereocenters. The van der Waals surface area contributed by atoms with Gasteiger partial charge in [-0.05, 0) is 63.3 Å². The third-order valence-electron chi connectivity index (χ3n) is 4.05. The average molecular weight is 442 g/mol. The van der Waals surface area contributed by atoms with Gasteiger partial charge >= 0.3 is 5.97 Å². The number of carbonyl (C=O) groups excluding carboxylic acids is 2. The molecule has 0 saturated heterocycles. The number of benzene rings is 2. The Bertz CT molecular complexity index is 1120. The fraction of sp³-hybridized carbons (Fsp3) is 0.273. The summed E-state index contributed by atoms with van der Waals surface area (Å²) in [5.41, 5.74) is 1.93. The van der Waals surface area contributed by atoms with Crippen LogP contribution in [0.5, 0.6) is 5.75 Å². The summed E-state index contributed by atoms with van der Waals surface area (Å²) < 4.78 is 17.5. The van der Waals surface area contributed by atoms with Gasteiger partial charge in [-0.3, -0.25) is 4.79 Å². The molecule has 0 spiro atoms. The first-order valence-corrected chi connectivity index (χ1v) is 10.1. The Balaban J connectivity index is 1.59. The Morgan fingerprint density at radius 1 is 1.19 bits per heavy atom. The molecule has 0 bridgehead atoms. The molecule has 9 heteroatoms. The van der Waals surface area contributed by atoms with Crippen molar-refractivity contribution >= 4 is 29.8 Å². The number of hydrogen-bond donors (Lipinski definition) is 1. The summed E-state index contributed by atoms with van der Waals surface area (Å²) >= 11 is 5.14. The molecule has 0 saturated carbocycles. The summed E-state index contributed by atoms with van der Waals surface area (Å²) in [5.74, 6) is 0.111. The lowest BCUT2D eigenvalue weighted by molar-refractivity contribution is -0.117. The van der Waals surface area contributed by atoms with Gasteiger partial charge < -0.3 is 19.2 Å². The number of ether oxygens (including phenoxy) is 2. The zero-order valence-corrected chi connectivity index (χ0v) is 18.3. The van der Waals surface area contributed by atoms with Crippen LogP contribution in [0.3, 0.4) is 0 Å². The van der Waals surface area contributed by atoms with Crippen molar-refractivity contribution in [3.8, 4) is 5.75 Å². The van der Waals surface area contributed by atoms with Gasteiger partial charge in [0.1, 0.15) is 12.3 Å². The topological polar surface area (TPSA) is 95.6 Å². The van der Waals surface area contributed by atoms with Crippen LogP contribution in [0.2, 0.25) is 0 Å². The van der Waals surface area contributed by atoms with Gasteiger partial charge in [0, 0.05) is 5.69 Å². The van der Waals surface area contributed by atoms with Crippen molar-refractivity contribution < 1.29 is 23.5 Å². The number of aromatic nitrogens is 2. The first-order valence-electron chi connectivity index (χ1n) is 9.67. The standard InChI is InChI=1S/C22H23N3O5S/c1-14(2)29-21(27)16-5-4-6-17(11-16)23-19(26)12-25-22(31)30-20(24-25)13-28-18-9-7-15(3)8-10-18/h4-11,14H,12-13H2,1-3H3,(H,23,26). The maximum Gasteiger partial charge on any atom is 0.338 e. The van der Waals surface area contributed by atoms with Crippen LogP contribution in [0.15, 0.2) is 52.9 Å². The van der Waals surface area contributed by atoms with E-state index in [0.717, 1.165) is 5.56 Å². The molecule has 8 nitrogen and oxygen atoms in total. The fourth-order valence-corrected chi connectivity index (χ4v) is 2.83. The predicted octanol–water partition coefficient (Wildman–Crippen LogP) is 4.30. The molecule has 3 rings (SSSR count). The minimum absolute atomic E-state index is 0.0620. The lowest BCUT2D eigenvalue weighted by Crippen LogP contribution is -2.20. The molecule has 2 aromatic carbocycles. The quantitative estimate of drug-likeness (QED) is 0.411. The molecule has 0 radical (unpaired) electrons. The van der Waals surface area contributed by atoms with Crippen LogP contribution in [0.1, 0.15) is 35.7 Å². The van der Waals surface area contributed by atoms with Crippen molar-refractivity contribution in [2.24, 2.45) is 0 Å². The third kappa shape index (κ3) is 6.51. The van der Waals surface area contributed by atoms with E-state index in [1.54, 1.807) is 38.1 Å². The van der Waals surface area contributed by atoms with Crippen LogP contribution in [0.25, 0.3) is 0 Å². The zero-order valence-electron chi connectivity index (χ0n) is 17.5. The largest absolute Gasteiger partial charge is 0.484 e. The molecule has 0 atom stereocenters. The summed E-state index contributed by atoms with van der Waals surface area (Å²) in [6.07, 6.45) is -0.232. The molecule has 162 valence electrons. The fourth-order valence-electron chi connectivity index (χ4n) is 2.63. The molecular formula is C22H23N3O5S. The number of carbonyl (C=O) groups is 2. The summed E-state index contributed by atoms with van der Waals surface area (Å²) in [7, 11) is 0. The molecule has 0 fully saturated rings. The van der Waals surface area contributed by atoms with Gasteiger partial charge in [0.15, 0.2) is 6.61 Å². The molecule has 3 aromatic rings. The molecule has 0 aliphatic heterocycles. The van der Waals surface area contributed by atoms with Gasteiger partial charge in [-0.15, -0.1) is 5.10 Å². The highest BCUT2D eigenvalue weighted by Gasteiger charge is 2.13. The van der Waals surface area contributed by atoms with Gasteiger partial charge in [-0.1, -0.05) is 23.8 Å². The molecule has 1 N–H and O–H groups in total. The van der Waals surface area contributed by atoms with Gasteiger partial charge in [-0.25, -0.2) is 9.48 Å². The van der Waals surface area contributed by atoms with E-state index in [9.17, 15) is 9.59 Å². The van der Waals surface area contributed by atoms with Crippen LogP contribution in [-0.2, 0) is 22.7 Å². The Morgan fingerprint density at radius 3 is 2.65 bits per heavy atom. The Morgan fingerprint density at radius 2 is 1.94 bits per heavy atom. The summed E-state index contributed by atoms with van der Waals surface area (Å²) in [6.45, 7) is 5.47. The van der Waals surface area contributed by atoms with Gasteiger partial charge in [0.2, 0.25) is 5.91 Å². The van der Waals surface area contributed by atoms with E-state index in [-0.39, 0.29) is 35.9 Å². The van der Waals surface area contributed by atoms with Crippen LogP contribution in [0, 0.1) is 11.8 Å². The van der Waals surface area contributed by atoms with E-state index in [0.29, 0.717) is 17.0 Å². The summed E-state index contributed by atoms with van der Waals surface area (Å²) in [6, 6.07) is 14.1. The van der Waals surface area contributed by atoms with Crippen molar-refractivity contribution in [1.82, 2.24) is 9.78 Å². The van der Waals surface area contributed by atoms with Crippen LogP contribution in [-0.4, -0.2) is 27.8 Å². The minimum Gasteiger partial charge on any atom is -0.484 e. The number of esters is 1. The molecule has 1 heterocycles. The number of hydrogen-bond acceptors (Lipinski definition) is 7. The lowest BCUT2D eigenvalue weighted by Gasteiger charge is -2.09. The maximum absolute atomic E-state index is 12.4. The second kappa shape index (κ2) is 10.0. The lowest BCUT2D eigenvalue weighted by atomic mass is 10.2. The first kappa shape index (κ1) is 22.2. The molecule has 31 heavy (non-hydrogen) atoms. The second-order valence-electron chi connectivity index (χ2n) is 7.10. The van der Waals surface area contributed by atoms with E-state index in [1.165, 1.54) is 4.68 Å². The number of amides is 1. The number of anilines is 1. The van der Waals surface area contributed by atoms with Crippen LogP contribution < -0.4 is 10.1 Å². The Hall–Kier alpha value is -3.46. The molecule has 0 aliphatic rings. The normalized spacial score (nSPS) is 10.7. The van der Waals surface area contributed by atoms with E-state index in [4.69, 9.17) is 26.1 Å². The second-order valence-corrected chi connectivity index (χ2v) is 7.45. The highest BCUT2D eigenvalue weighted by atomic mass is 32.1. The van der Waals surface area contributed by atoms with Gasteiger partial charge in [0.25, 0.3) is 10.7 Å². The van der Waals surface area contributed by atoms with E-state index >= 15 is 0 Å². The molecule has 1 aromatic heterocycles. The SMILES string of the molecule is Cc1ccc(OCc2nn(CC(=O)Nc3cccc(C(=O)OC(C)C)c3)c(=S)o2)cc1. The van der Waals surface area contributed by atoms with Gasteiger partial charge in [-0.2, -0.15) is 0 Å². The molecule has 1 amide bonds. The smallest absolute Gasteiger partial charge is 0.338 e. The maximum atomic E-state index is 12.4. The van der Waals surface area contributed by atoms with Crippen molar-refractivity contribution in [3.63, 3.8) is 0 Å². The highest BCUT2D eigenvalue weighted by Crippen LogP contribution is 2.15. The number of nitrogens with one attached hydrogen (secondary N) is 1. The minimum atomic E-state index is -0.456. The first-order chi connectivity index (χ1) is 14.8. The highest BCUT2D eigenvalue weighted by molar-refractivity contribution is 7.71. The van der Waals surface area contributed by atoms with Crippen molar-refractivity contribution in [2.45, 2.75) is 40.0 Å².